The average molecular weight is 1060 g/mol. The Labute approximate surface area is 482 Å². The standard InChI is InChI=1S/C80H53N3/c1-5-21-54(22-6-1)56-37-43-65(44-38-56)81(66-45-39-57(40-46-66)55-23-7-2-8-24-55)80-71-33-15-13-31-69(71)79(70-32-14-16-34-72(70)80)62-50-60(58-41-47-77-73(52-58)67-29-17-19-35-75(67)82(77)63-25-9-3-10-26-63)49-61(51-62)59-42-48-78-74(53-59)68-30-18-20-36-76(68)83(78)64-27-11-4-12-28-64/h1-53H. The Morgan fingerprint density at radius 1 is 0.193 bits per heavy atom. The summed E-state index contributed by atoms with van der Waals surface area (Å²) < 4.78 is 4.80. The lowest BCUT2D eigenvalue weighted by Crippen LogP contribution is -2.11. The van der Waals surface area contributed by atoms with E-state index in [2.05, 4.69) is 336 Å². The Kier molecular flexibility index (Phi) is 11.5. The highest BCUT2D eigenvalue weighted by Crippen LogP contribution is 2.50. The number of rotatable bonds is 10. The summed E-state index contributed by atoms with van der Waals surface area (Å²) in [6.07, 6.45) is 0. The molecule has 2 aromatic heterocycles. The van der Waals surface area contributed by atoms with Gasteiger partial charge in [0.15, 0.2) is 0 Å². The highest BCUT2D eigenvalue weighted by Gasteiger charge is 2.24. The zero-order valence-corrected chi connectivity index (χ0v) is 45.4. The van der Waals surface area contributed by atoms with Crippen LogP contribution in [0.2, 0.25) is 0 Å². The second kappa shape index (κ2) is 20.0. The number of hydrogen-bond acceptors (Lipinski definition) is 1. The van der Waals surface area contributed by atoms with E-state index in [9.17, 15) is 0 Å². The van der Waals surface area contributed by atoms with Gasteiger partial charge in [-0.3, -0.25) is 0 Å². The molecule has 0 spiro atoms. The van der Waals surface area contributed by atoms with Crippen LogP contribution >= 0.6 is 0 Å². The van der Waals surface area contributed by atoms with E-state index in [1.54, 1.807) is 0 Å². The molecule has 0 aliphatic rings. The first kappa shape index (κ1) is 48.0. The highest BCUT2D eigenvalue weighted by molar-refractivity contribution is 6.23. The maximum Gasteiger partial charge on any atom is 0.0618 e. The van der Waals surface area contributed by atoms with Crippen molar-refractivity contribution in [2.45, 2.75) is 0 Å². The van der Waals surface area contributed by atoms with Crippen LogP contribution < -0.4 is 4.90 Å². The molecule has 83 heavy (non-hydrogen) atoms. The number of fused-ring (bicyclic) bond motifs is 8. The topological polar surface area (TPSA) is 13.1 Å². The van der Waals surface area contributed by atoms with Gasteiger partial charge >= 0.3 is 0 Å². The molecule has 0 aliphatic heterocycles. The van der Waals surface area contributed by atoms with E-state index in [0.29, 0.717) is 0 Å². The summed E-state index contributed by atoms with van der Waals surface area (Å²) >= 11 is 0. The monoisotopic (exact) mass is 1060 g/mol. The molecular formula is C80H53N3. The number of para-hydroxylation sites is 4. The SMILES string of the molecule is c1ccc(-c2ccc(N(c3ccc(-c4ccccc4)cc3)c3c4ccccc4c(-c4cc(-c5ccc6c(c5)c5ccccc5n6-c5ccccc5)cc(-c5ccc6c(c5)c5ccccc5n6-c5ccccc5)c4)c4ccccc34)cc2)cc1. The van der Waals surface area contributed by atoms with Crippen molar-refractivity contribution in [3.8, 4) is 67.0 Å². The van der Waals surface area contributed by atoms with Gasteiger partial charge in [0.05, 0.1) is 27.8 Å². The molecule has 3 heteroatoms. The minimum Gasteiger partial charge on any atom is -0.309 e. The molecule has 16 aromatic rings. The number of anilines is 3. The van der Waals surface area contributed by atoms with Gasteiger partial charge in [-0.15, -0.1) is 0 Å². The van der Waals surface area contributed by atoms with Crippen molar-refractivity contribution >= 4 is 82.2 Å². The van der Waals surface area contributed by atoms with E-state index in [-0.39, 0.29) is 0 Å². The first-order chi connectivity index (χ1) is 41.2. The van der Waals surface area contributed by atoms with Gasteiger partial charge in [0.1, 0.15) is 0 Å². The number of benzene rings is 14. The average Bonchev–Trinajstić information content (AvgIpc) is 4.33. The smallest absolute Gasteiger partial charge is 0.0618 e. The molecule has 0 fully saturated rings. The van der Waals surface area contributed by atoms with Crippen LogP contribution in [0, 0.1) is 0 Å². The fraction of sp³-hybridized carbons (Fsp3) is 0. The fourth-order valence-corrected chi connectivity index (χ4v) is 13.1. The zero-order chi connectivity index (χ0) is 54.8. The molecule has 388 valence electrons. The van der Waals surface area contributed by atoms with Crippen molar-refractivity contribution in [1.29, 1.82) is 0 Å². The Balaban J connectivity index is 0.939. The molecule has 2 heterocycles. The third-order valence-corrected chi connectivity index (χ3v) is 16.9. The normalized spacial score (nSPS) is 11.6. The molecule has 0 unspecified atom stereocenters. The zero-order valence-electron chi connectivity index (χ0n) is 45.4. The molecule has 0 atom stereocenters. The van der Waals surface area contributed by atoms with E-state index in [1.807, 2.05) is 0 Å². The number of hydrogen-bond donors (Lipinski definition) is 0. The molecule has 0 radical (unpaired) electrons. The van der Waals surface area contributed by atoms with Gasteiger partial charge < -0.3 is 14.0 Å². The van der Waals surface area contributed by atoms with Crippen LogP contribution in [0.15, 0.2) is 322 Å². The second-order valence-corrected chi connectivity index (χ2v) is 21.6. The number of nitrogens with zero attached hydrogens (tertiary/aromatic N) is 3. The molecule has 16 rings (SSSR count). The van der Waals surface area contributed by atoms with Gasteiger partial charge in [0.25, 0.3) is 0 Å². The molecule has 0 saturated carbocycles. The van der Waals surface area contributed by atoms with Gasteiger partial charge in [-0.1, -0.05) is 218 Å². The molecule has 0 N–H and O–H groups in total. The van der Waals surface area contributed by atoms with Gasteiger partial charge in [-0.05, 0) is 170 Å². The van der Waals surface area contributed by atoms with E-state index in [0.717, 1.165) is 67.0 Å². The van der Waals surface area contributed by atoms with Crippen molar-refractivity contribution in [2.75, 3.05) is 4.90 Å². The molecule has 0 saturated heterocycles. The molecule has 3 nitrogen and oxygen atoms in total. The highest BCUT2D eigenvalue weighted by atomic mass is 15.1. The molecule has 0 amide bonds. The van der Waals surface area contributed by atoms with Crippen molar-refractivity contribution in [1.82, 2.24) is 9.13 Å². The molecule has 0 aliphatic carbocycles. The van der Waals surface area contributed by atoms with Gasteiger partial charge in [-0.2, -0.15) is 0 Å². The predicted molar refractivity (Wildman–Crippen MR) is 352 cm³/mol. The Bertz CT molecular complexity index is 4780. The van der Waals surface area contributed by atoms with Crippen molar-refractivity contribution in [2.24, 2.45) is 0 Å². The third-order valence-electron chi connectivity index (χ3n) is 16.9. The lowest BCUT2D eigenvalue weighted by molar-refractivity contribution is 1.18. The molecule has 0 bridgehead atoms. The summed E-state index contributed by atoms with van der Waals surface area (Å²) in [5, 5.41) is 9.59. The second-order valence-electron chi connectivity index (χ2n) is 21.6. The van der Waals surface area contributed by atoms with Crippen LogP contribution in [-0.2, 0) is 0 Å². The fourth-order valence-electron chi connectivity index (χ4n) is 13.1. The largest absolute Gasteiger partial charge is 0.309 e. The first-order valence-corrected chi connectivity index (χ1v) is 28.6. The maximum atomic E-state index is 2.47. The van der Waals surface area contributed by atoms with Crippen molar-refractivity contribution < 1.29 is 0 Å². The maximum absolute atomic E-state index is 2.47. The van der Waals surface area contributed by atoms with Crippen LogP contribution in [0.25, 0.3) is 132 Å². The van der Waals surface area contributed by atoms with Gasteiger partial charge in [0, 0.05) is 55.1 Å². The quantitative estimate of drug-likeness (QED) is 0.124. The Morgan fingerprint density at radius 2 is 0.506 bits per heavy atom. The summed E-state index contributed by atoms with van der Waals surface area (Å²) in [6, 6.07) is 118. The van der Waals surface area contributed by atoms with E-state index in [4.69, 9.17) is 0 Å². The molecular weight excluding hydrogens is 1000 g/mol. The summed E-state index contributed by atoms with van der Waals surface area (Å²) in [7, 11) is 0. The van der Waals surface area contributed by atoms with Crippen LogP contribution in [0.3, 0.4) is 0 Å². The Morgan fingerprint density at radius 3 is 0.928 bits per heavy atom. The summed E-state index contributed by atoms with van der Waals surface area (Å²) in [4.78, 5) is 2.47. The van der Waals surface area contributed by atoms with E-state index < -0.39 is 0 Å². The lowest BCUT2D eigenvalue weighted by atomic mass is 9.86. The lowest BCUT2D eigenvalue weighted by Gasteiger charge is -2.30. The third kappa shape index (κ3) is 8.20. The van der Waals surface area contributed by atoms with E-state index in [1.165, 1.54) is 82.2 Å². The van der Waals surface area contributed by atoms with Crippen molar-refractivity contribution in [3.05, 3.63) is 322 Å². The Hall–Kier alpha value is -11.0. The van der Waals surface area contributed by atoms with Crippen LogP contribution in [0.4, 0.5) is 17.1 Å². The van der Waals surface area contributed by atoms with Gasteiger partial charge in [0.2, 0.25) is 0 Å². The number of aromatic nitrogens is 2. The van der Waals surface area contributed by atoms with Gasteiger partial charge in [-0.25, -0.2) is 0 Å². The van der Waals surface area contributed by atoms with Crippen LogP contribution in [0.1, 0.15) is 0 Å². The summed E-state index contributed by atoms with van der Waals surface area (Å²) in [5.41, 5.74) is 22.0. The summed E-state index contributed by atoms with van der Waals surface area (Å²) in [5.74, 6) is 0. The van der Waals surface area contributed by atoms with Crippen LogP contribution in [-0.4, -0.2) is 9.13 Å². The van der Waals surface area contributed by atoms with E-state index >= 15 is 0 Å². The minimum absolute atomic E-state index is 1.08. The predicted octanol–water partition coefficient (Wildman–Crippen LogP) is 22.0. The molecule has 14 aromatic carbocycles. The van der Waals surface area contributed by atoms with Crippen LogP contribution in [0.5, 0.6) is 0 Å². The van der Waals surface area contributed by atoms with Crippen molar-refractivity contribution in [3.63, 3.8) is 0 Å². The minimum atomic E-state index is 1.08. The first-order valence-electron chi connectivity index (χ1n) is 28.6. The summed E-state index contributed by atoms with van der Waals surface area (Å²) in [6.45, 7) is 0.